The normalized spacial score (nSPS) is 21.0. The molecule has 0 spiro atoms. The topological polar surface area (TPSA) is 64.8 Å². The van der Waals surface area contributed by atoms with Crippen LogP contribution in [0.25, 0.3) is 0 Å². The molecule has 1 aromatic heterocycles. The van der Waals surface area contributed by atoms with Crippen molar-refractivity contribution in [2.24, 2.45) is 0 Å². The number of ether oxygens (including phenoxy) is 2. The second-order valence-electron chi connectivity index (χ2n) is 5.53. The summed E-state index contributed by atoms with van der Waals surface area (Å²) in [6.45, 7) is 7.17. The van der Waals surface area contributed by atoms with Gasteiger partial charge in [-0.2, -0.15) is 0 Å². The maximum absolute atomic E-state index is 12.0. The van der Waals surface area contributed by atoms with Gasteiger partial charge in [0.1, 0.15) is 23.7 Å². The maximum atomic E-state index is 12.0. The van der Waals surface area contributed by atoms with E-state index in [0.717, 1.165) is 5.69 Å². The Morgan fingerprint density at radius 2 is 2.26 bits per heavy atom. The number of rotatable bonds is 1. The van der Waals surface area contributed by atoms with Crippen LogP contribution in [0.3, 0.4) is 0 Å². The Bertz CT molecular complexity index is 411. The van der Waals surface area contributed by atoms with Crippen molar-refractivity contribution in [3.8, 4) is 0 Å². The monoisotopic (exact) mass is 268 g/mol. The molecule has 0 saturated carbocycles. The zero-order chi connectivity index (χ0) is 13.9. The molecule has 106 valence electrons. The molecule has 1 aliphatic heterocycles. The minimum atomic E-state index is -0.476. The molecule has 6 heteroatoms. The van der Waals surface area contributed by atoms with Crippen LogP contribution < -0.4 is 0 Å². The number of hydrogen-bond acceptors (Lipinski definition) is 5. The molecule has 1 aromatic rings. The lowest BCUT2D eigenvalue weighted by atomic mass is 10.2. The molecule has 0 aliphatic carbocycles. The third-order valence-electron chi connectivity index (χ3n) is 2.77. The molecule has 2 rings (SSSR count). The van der Waals surface area contributed by atoms with Gasteiger partial charge in [-0.3, -0.25) is 0 Å². The molecule has 0 bridgehead atoms. The highest BCUT2D eigenvalue weighted by atomic mass is 16.6. The summed E-state index contributed by atoms with van der Waals surface area (Å²) in [6.07, 6.45) is 3.23. The maximum Gasteiger partial charge on any atom is 0.410 e. The van der Waals surface area contributed by atoms with Crippen molar-refractivity contribution in [1.29, 1.82) is 0 Å². The van der Waals surface area contributed by atoms with Crippen molar-refractivity contribution < 1.29 is 18.7 Å². The smallest absolute Gasteiger partial charge is 0.410 e. The molecular weight excluding hydrogens is 248 g/mol. The molecule has 1 saturated heterocycles. The zero-order valence-electron chi connectivity index (χ0n) is 11.6. The van der Waals surface area contributed by atoms with E-state index in [9.17, 15) is 4.79 Å². The van der Waals surface area contributed by atoms with Gasteiger partial charge in [0.2, 0.25) is 0 Å². The fourth-order valence-electron chi connectivity index (χ4n) is 1.90. The van der Waals surface area contributed by atoms with Crippen LogP contribution >= 0.6 is 0 Å². The largest absolute Gasteiger partial charge is 0.451 e. The summed E-state index contributed by atoms with van der Waals surface area (Å²) < 4.78 is 16.0. The van der Waals surface area contributed by atoms with Gasteiger partial charge in [0.25, 0.3) is 0 Å². The third-order valence-corrected chi connectivity index (χ3v) is 2.77. The minimum absolute atomic E-state index is 0.119. The molecule has 1 amide bonds. The lowest BCUT2D eigenvalue weighted by Gasteiger charge is -2.25. The second kappa shape index (κ2) is 5.61. The number of carbonyl (C=O) groups excluding carboxylic acids is 1. The summed E-state index contributed by atoms with van der Waals surface area (Å²) in [5, 5.41) is 0. The summed E-state index contributed by atoms with van der Waals surface area (Å²) >= 11 is 0. The van der Waals surface area contributed by atoms with Gasteiger partial charge in [0, 0.05) is 13.1 Å². The molecule has 0 aromatic carbocycles. The van der Waals surface area contributed by atoms with Crippen molar-refractivity contribution in [2.75, 3.05) is 19.7 Å². The lowest BCUT2D eigenvalue weighted by molar-refractivity contribution is 0.0229. The predicted molar refractivity (Wildman–Crippen MR) is 67.6 cm³/mol. The van der Waals surface area contributed by atoms with Gasteiger partial charge >= 0.3 is 6.09 Å². The first-order valence-corrected chi connectivity index (χ1v) is 6.43. The van der Waals surface area contributed by atoms with E-state index in [2.05, 4.69) is 4.98 Å². The number of oxazole rings is 1. The molecule has 0 N–H and O–H groups in total. The van der Waals surface area contributed by atoms with E-state index in [-0.39, 0.29) is 12.2 Å². The minimum Gasteiger partial charge on any atom is -0.451 e. The van der Waals surface area contributed by atoms with Gasteiger partial charge in [-0.1, -0.05) is 0 Å². The van der Waals surface area contributed by atoms with Crippen LogP contribution in [0.1, 0.15) is 39.0 Å². The van der Waals surface area contributed by atoms with Crippen molar-refractivity contribution in [3.05, 3.63) is 18.4 Å². The lowest BCUT2D eigenvalue weighted by Crippen LogP contribution is -2.38. The summed E-state index contributed by atoms with van der Waals surface area (Å²) in [4.78, 5) is 17.7. The first kappa shape index (κ1) is 13.9. The van der Waals surface area contributed by atoms with Crippen LogP contribution in [0.15, 0.2) is 17.1 Å². The van der Waals surface area contributed by atoms with Gasteiger partial charge in [0.05, 0.1) is 6.61 Å². The predicted octanol–water partition coefficient (Wildman–Crippen LogP) is 2.37. The fourth-order valence-corrected chi connectivity index (χ4v) is 1.90. The average Bonchev–Trinajstić information content (AvgIpc) is 2.71. The Labute approximate surface area is 112 Å². The van der Waals surface area contributed by atoms with Crippen LogP contribution in [-0.4, -0.2) is 41.3 Å². The summed E-state index contributed by atoms with van der Waals surface area (Å²) in [6, 6.07) is 0. The van der Waals surface area contributed by atoms with E-state index >= 15 is 0 Å². The molecule has 1 fully saturated rings. The first-order chi connectivity index (χ1) is 8.96. The standard InChI is InChI=1S/C13H20N2O4/c1-13(2,3)19-12(16)15-5-4-11(18-7-6-15)10-8-17-9-14-10/h8-9,11H,4-7H2,1-3H3/t11-/m0/s1. The Hall–Kier alpha value is -1.56. The molecule has 2 heterocycles. The Kier molecular flexibility index (Phi) is 4.09. The quantitative estimate of drug-likeness (QED) is 0.782. The zero-order valence-corrected chi connectivity index (χ0v) is 11.6. The summed E-state index contributed by atoms with van der Waals surface area (Å²) in [7, 11) is 0. The highest BCUT2D eigenvalue weighted by Crippen LogP contribution is 2.23. The van der Waals surface area contributed by atoms with Crippen LogP contribution in [0.2, 0.25) is 0 Å². The number of amides is 1. The molecule has 1 atom stereocenters. The van der Waals surface area contributed by atoms with Crippen LogP contribution in [-0.2, 0) is 9.47 Å². The van der Waals surface area contributed by atoms with E-state index in [1.54, 1.807) is 11.2 Å². The first-order valence-electron chi connectivity index (χ1n) is 6.43. The SMILES string of the molecule is CC(C)(C)OC(=O)N1CCO[C@H](c2cocn2)CC1. The van der Waals surface area contributed by atoms with Crippen molar-refractivity contribution in [1.82, 2.24) is 9.88 Å². The van der Waals surface area contributed by atoms with Crippen molar-refractivity contribution in [3.63, 3.8) is 0 Å². The fraction of sp³-hybridized carbons (Fsp3) is 0.692. The molecule has 6 nitrogen and oxygen atoms in total. The summed E-state index contributed by atoms with van der Waals surface area (Å²) in [5.41, 5.74) is 0.293. The van der Waals surface area contributed by atoms with Crippen molar-refractivity contribution in [2.45, 2.75) is 38.9 Å². The highest BCUT2D eigenvalue weighted by Gasteiger charge is 2.26. The van der Waals surface area contributed by atoms with Crippen LogP contribution in [0.5, 0.6) is 0 Å². The van der Waals surface area contributed by atoms with Gasteiger partial charge in [-0.25, -0.2) is 9.78 Å². The van der Waals surface area contributed by atoms with E-state index in [0.29, 0.717) is 26.1 Å². The Morgan fingerprint density at radius 3 is 2.89 bits per heavy atom. The number of hydrogen-bond donors (Lipinski definition) is 0. The third kappa shape index (κ3) is 3.96. The second-order valence-corrected chi connectivity index (χ2v) is 5.53. The molecule has 0 unspecified atom stereocenters. The van der Waals surface area contributed by atoms with Gasteiger partial charge in [0.15, 0.2) is 6.39 Å². The Balaban J connectivity index is 1.91. The molecule has 0 radical (unpaired) electrons. The van der Waals surface area contributed by atoms with Gasteiger partial charge in [-0.05, 0) is 27.2 Å². The molecule has 19 heavy (non-hydrogen) atoms. The van der Waals surface area contributed by atoms with E-state index in [1.165, 1.54) is 6.39 Å². The number of carbonyl (C=O) groups is 1. The molecular formula is C13H20N2O4. The number of aromatic nitrogens is 1. The van der Waals surface area contributed by atoms with Crippen LogP contribution in [0.4, 0.5) is 4.79 Å². The van der Waals surface area contributed by atoms with E-state index in [4.69, 9.17) is 13.9 Å². The van der Waals surface area contributed by atoms with E-state index < -0.39 is 5.60 Å². The number of nitrogens with zero attached hydrogens (tertiary/aromatic N) is 2. The van der Waals surface area contributed by atoms with Crippen LogP contribution in [0, 0.1) is 0 Å². The van der Waals surface area contributed by atoms with E-state index in [1.807, 2.05) is 20.8 Å². The van der Waals surface area contributed by atoms with Gasteiger partial charge < -0.3 is 18.8 Å². The molecule has 1 aliphatic rings. The average molecular weight is 268 g/mol. The Morgan fingerprint density at radius 1 is 1.47 bits per heavy atom. The summed E-state index contributed by atoms with van der Waals surface area (Å²) in [5.74, 6) is 0. The van der Waals surface area contributed by atoms with Crippen molar-refractivity contribution >= 4 is 6.09 Å². The highest BCUT2D eigenvalue weighted by molar-refractivity contribution is 5.68. The van der Waals surface area contributed by atoms with Gasteiger partial charge in [-0.15, -0.1) is 0 Å².